The van der Waals surface area contributed by atoms with Crippen LogP contribution >= 0.6 is 0 Å². The number of carbonyl (C=O) groups excluding carboxylic acids is 3. The lowest BCUT2D eigenvalue weighted by atomic mass is 10.0. The van der Waals surface area contributed by atoms with Crippen LogP contribution in [0.5, 0.6) is 0 Å². The van der Waals surface area contributed by atoms with Crippen molar-refractivity contribution < 1.29 is 28.6 Å². The Morgan fingerprint density at radius 3 is 0.747 bits per heavy atom. The topological polar surface area (TPSA) is 78.9 Å². The Bertz CT molecular complexity index is 1660. The molecule has 6 heteroatoms. The van der Waals surface area contributed by atoms with Gasteiger partial charge in [0.05, 0.1) is 0 Å². The summed E-state index contributed by atoms with van der Waals surface area (Å²) in [7, 11) is 0. The first-order chi connectivity index (χ1) is 41.0. The predicted octanol–water partition coefficient (Wildman–Crippen LogP) is 24.6. The van der Waals surface area contributed by atoms with Gasteiger partial charge in [0.25, 0.3) is 0 Å². The molecular formula is C77H132O6. The lowest BCUT2D eigenvalue weighted by Gasteiger charge is -2.18. The van der Waals surface area contributed by atoms with Crippen molar-refractivity contribution in [2.24, 2.45) is 0 Å². The molecule has 0 heterocycles. The smallest absolute Gasteiger partial charge is 0.306 e. The van der Waals surface area contributed by atoms with Crippen LogP contribution in [0, 0.1) is 0 Å². The zero-order chi connectivity index (χ0) is 59.9. The summed E-state index contributed by atoms with van der Waals surface area (Å²) >= 11 is 0. The molecule has 0 spiro atoms. The van der Waals surface area contributed by atoms with Crippen LogP contribution in [0.4, 0.5) is 0 Å². The molecule has 0 rings (SSSR count). The highest BCUT2D eigenvalue weighted by atomic mass is 16.6. The summed E-state index contributed by atoms with van der Waals surface area (Å²) in [5.41, 5.74) is 0. The van der Waals surface area contributed by atoms with Crippen LogP contribution in [0.3, 0.4) is 0 Å². The van der Waals surface area contributed by atoms with Gasteiger partial charge in [-0.2, -0.15) is 0 Å². The number of hydrogen-bond donors (Lipinski definition) is 0. The molecule has 0 aromatic carbocycles. The SMILES string of the molecule is CC/C=C\C/C=C\C/C=C\C/C=C\CCCCCCCCCCCCCCCCC(=O)OCC(COC(=O)CCCCCCCCCCC/C=C\CCCCCCCC)OC(=O)CCCCCCCC/C=C\C/C=C\C/C=C\C/C=C\CC. The van der Waals surface area contributed by atoms with E-state index < -0.39 is 6.10 Å². The average Bonchev–Trinajstić information content (AvgIpc) is 3.50. The largest absolute Gasteiger partial charge is 0.462 e. The van der Waals surface area contributed by atoms with Crippen LogP contribution in [-0.4, -0.2) is 37.2 Å². The fourth-order valence-corrected chi connectivity index (χ4v) is 10.0. The second kappa shape index (κ2) is 70.6. The number of unbranched alkanes of at least 4 members (excludes halogenated alkanes) is 35. The molecule has 0 bridgehead atoms. The molecule has 0 aliphatic carbocycles. The van der Waals surface area contributed by atoms with Crippen LogP contribution in [0.2, 0.25) is 0 Å². The molecule has 0 aliphatic heterocycles. The van der Waals surface area contributed by atoms with Crippen molar-refractivity contribution in [3.63, 3.8) is 0 Å². The van der Waals surface area contributed by atoms with Crippen molar-refractivity contribution in [1.82, 2.24) is 0 Å². The van der Waals surface area contributed by atoms with Gasteiger partial charge in [-0.05, 0) is 122 Å². The highest BCUT2D eigenvalue weighted by molar-refractivity contribution is 5.71. The van der Waals surface area contributed by atoms with E-state index in [1.807, 2.05) is 0 Å². The number of carbonyl (C=O) groups is 3. The second-order valence-corrected chi connectivity index (χ2v) is 23.4. The summed E-state index contributed by atoms with van der Waals surface area (Å²) in [5.74, 6) is -0.885. The van der Waals surface area contributed by atoms with Crippen molar-refractivity contribution in [2.45, 2.75) is 348 Å². The lowest BCUT2D eigenvalue weighted by Crippen LogP contribution is -2.30. The molecule has 0 amide bonds. The van der Waals surface area contributed by atoms with Gasteiger partial charge in [0.15, 0.2) is 6.10 Å². The van der Waals surface area contributed by atoms with Gasteiger partial charge in [-0.25, -0.2) is 0 Å². The number of hydrogen-bond acceptors (Lipinski definition) is 6. The molecule has 1 atom stereocenters. The first-order valence-electron chi connectivity index (χ1n) is 35.4. The Morgan fingerprint density at radius 2 is 0.470 bits per heavy atom. The number of rotatable bonds is 64. The Morgan fingerprint density at radius 1 is 0.253 bits per heavy atom. The van der Waals surface area contributed by atoms with E-state index >= 15 is 0 Å². The Labute approximate surface area is 514 Å². The minimum Gasteiger partial charge on any atom is -0.462 e. The first-order valence-corrected chi connectivity index (χ1v) is 35.4. The highest BCUT2D eigenvalue weighted by Crippen LogP contribution is 2.17. The van der Waals surface area contributed by atoms with Crippen molar-refractivity contribution in [2.75, 3.05) is 13.2 Å². The van der Waals surface area contributed by atoms with E-state index in [1.165, 1.54) is 180 Å². The zero-order valence-electron chi connectivity index (χ0n) is 54.7. The summed E-state index contributed by atoms with van der Waals surface area (Å²) in [5, 5.41) is 0. The van der Waals surface area contributed by atoms with Crippen molar-refractivity contribution in [3.05, 3.63) is 109 Å². The molecule has 0 N–H and O–H groups in total. The standard InChI is InChI=1S/C77H132O6/c1-4-7-10-13-16-19-22-25-28-31-34-35-36-37-38-39-40-41-44-46-49-52-55-58-61-64-67-70-76(79)82-73-74(83-77(80)71-68-65-62-59-56-53-50-47-43-33-30-27-24-21-18-15-12-9-6-3)72-81-75(78)69-66-63-60-57-54-51-48-45-42-32-29-26-23-20-17-14-11-8-5-2/h7,9-10,12,16,18-19,21,25-30,34-35,43,47,74H,4-6,8,11,13-15,17,20,22-24,31-33,36-42,44-46,48-73H2,1-3H3/b10-7-,12-9-,19-16-,21-18-,28-25-,29-26-,30-27-,35-34-,47-43-. The molecule has 0 fully saturated rings. The number of ether oxygens (including phenoxy) is 3. The molecule has 476 valence electrons. The average molecular weight is 1150 g/mol. The van der Waals surface area contributed by atoms with Crippen LogP contribution in [0.25, 0.3) is 0 Å². The molecule has 0 saturated heterocycles. The van der Waals surface area contributed by atoms with Crippen LogP contribution in [0.1, 0.15) is 342 Å². The summed E-state index contributed by atoms with van der Waals surface area (Å²) < 4.78 is 17.0. The Balaban J connectivity index is 4.35. The zero-order valence-corrected chi connectivity index (χ0v) is 54.7. The van der Waals surface area contributed by atoms with Gasteiger partial charge >= 0.3 is 17.9 Å². The summed E-state index contributed by atoms with van der Waals surface area (Å²) in [6, 6.07) is 0. The van der Waals surface area contributed by atoms with Gasteiger partial charge in [0.2, 0.25) is 0 Å². The number of esters is 3. The minimum atomic E-state index is -0.790. The Hall–Kier alpha value is -3.93. The van der Waals surface area contributed by atoms with E-state index in [4.69, 9.17) is 14.2 Å². The van der Waals surface area contributed by atoms with E-state index in [1.54, 1.807) is 0 Å². The van der Waals surface area contributed by atoms with Gasteiger partial charge in [-0.3, -0.25) is 14.4 Å². The van der Waals surface area contributed by atoms with Gasteiger partial charge < -0.3 is 14.2 Å². The number of allylic oxidation sites excluding steroid dienone is 18. The second-order valence-electron chi connectivity index (χ2n) is 23.4. The van der Waals surface area contributed by atoms with Gasteiger partial charge in [-0.1, -0.05) is 310 Å². The van der Waals surface area contributed by atoms with Crippen molar-refractivity contribution in [1.29, 1.82) is 0 Å². The predicted molar refractivity (Wildman–Crippen MR) is 362 cm³/mol. The fraction of sp³-hybridized carbons (Fsp3) is 0.727. The van der Waals surface area contributed by atoms with Crippen molar-refractivity contribution in [3.8, 4) is 0 Å². The summed E-state index contributed by atoms with van der Waals surface area (Å²) in [6.07, 6.45) is 96.8. The molecule has 0 saturated carbocycles. The molecule has 1 unspecified atom stereocenters. The maximum Gasteiger partial charge on any atom is 0.306 e. The first kappa shape index (κ1) is 79.1. The molecule has 0 aromatic heterocycles. The molecule has 0 aliphatic rings. The molecule has 6 nitrogen and oxygen atoms in total. The highest BCUT2D eigenvalue weighted by Gasteiger charge is 2.19. The van der Waals surface area contributed by atoms with E-state index in [2.05, 4.69) is 130 Å². The van der Waals surface area contributed by atoms with E-state index in [9.17, 15) is 14.4 Å². The monoisotopic (exact) mass is 1150 g/mol. The van der Waals surface area contributed by atoms with Crippen LogP contribution < -0.4 is 0 Å². The minimum absolute atomic E-state index is 0.0835. The maximum atomic E-state index is 13.0. The summed E-state index contributed by atoms with van der Waals surface area (Å²) in [4.78, 5) is 38.5. The van der Waals surface area contributed by atoms with Gasteiger partial charge in [-0.15, -0.1) is 0 Å². The van der Waals surface area contributed by atoms with Gasteiger partial charge in [0.1, 0.15) is 13.2 Å². The van der Waals surface area contributed by atoms with Gasteiger partial charge in [0, 0.05) is 19.3 Å². The van der Waals surface area contributed by atoms with E-state index in [0.717, 1.165) is 122 Å². The maximum absolute atomic E-state index is 13.0. The lowest BCUT2D eigenvalue weighted by molar-refractivity contribution is -0.167. The summed E-state index contributed by atoms with van der Waals surface area (Å²) in [6.45, 7) is 6.44. The molecular weight excluding hydrogens is 1020 g/mol. The van der Waals surface area contributed by atoms with Crippen molar-refractivity contribution >= 4 is 17.9 Å². The quantitative estimate of drug-likeness (QED) is 0.0261. The van der Waals surface area contributed by atoms with E-state index in [-0.39, 0.29) is 31.1 Å². The third-order valence-electron chi connectivity index (χ3n) is 15.2. The molecule has 0 radical (unpaired) electrons. The third-order valence-corrected chi connectivity index (χ3v) is 15.2. The normalized spacial score (nSPS) is 12.8. The third kappa shape index (κ3) is 68.7. The van der Waals surface area contributed by atoms with Crippen LogP contribution in [0.15, 0.2) is 109 Å². The molecule has 0 aromatic rings. The van der Waals surface area contributed by atoms with E-state index in [0.29, 0.717) is 19.3 Å². The fourth-order valence-electron chi connectivity index (χ4n) is 10.0. The Kier molecular flexibility index (Phi) is 67.2. The van der Waals surface area contributed by atoms with Crippen LogP contribution in [-0.2, 0) is 28.6 Å². The molecule has 83 heavy (non-hydrogen) atoms.